The van der Waals surface area contributed by atoms with E-state index in [9.17, 15) is 0 Å². The largest absolute Gasteiger partial charge is 0.323 e. The van der Waals surface area contributed by atoms with Gasteiger partial charge in [-0.3, -0.25) is 0 Å². The van der Waals surface area contributed by atoms with Crippen LogP contribution in [0.5, 0.6) is 0 Å². The molecule has 2 nitrogen and oxygen atoms in total. The molecule has 0 amide bonds. The van der Waals surface area contributed by atoms with Crippen LogP contribution in [0.25, 0.3) is 0 Å². The topological polar surface area (TPSA) is 52.0 Å². The lowest BCUT2D eigenvalue weighted by molar-refractivity contribution is 0.726. The fourth-order valence-corrected chi connectivity index (χ4v) is 13.0. The first-order valence-corrected chi connectivity index (χ1v) is 19.0. The number of hydrogen-bond acceptors (Lipinski definition) is 2. The molecule has 0 radical (unpaired) electrons. The van der Waals surface area contributed by atoms with Gasteiger partial charge in [0.2, 0.25) is 0 Å². The van der Waals surface area contributed by atoms with Gasteiger partial charge >= 0.3 is 0 Å². The van der Waals surface area contributed by atoms with Gasteiger partial charge in [-0.15, -0.1) is 0 Å². The van der Waals surface area contributed by atoms with Crippen molar-refractivity contribution >= 4 is 37.1 Å². The molecule has 4 heteroatoms. The van der Waals surface area contributed by atoms with E-state index in [0.29, 0.717) is 11.3 Å². The molecule has 0 saturated carbocycles. The van der Waals surface area contributed by atoms with Crippen LogP contribution in [0, 0.1) is 0 Å². The standard InChI is InChI=1S/2C21H20NP.CH4/c2*22-21-19-14-8-7-9-16(19)15-20(21)23(17-10-3-1-4-11-17)18-12-5-2-6-13-18;/h2*1-14,20-21H,15,22H2;1H4/t2*20-,21-;/m10./s1. The number of fused-ring (bicyclic) bond motifs is 2. The zero-order chi connectivity index (χ0) is 31.3. The summed E-state index contributed by atoms with van der Waals surface area (Å²) < 4.78 is 0. The highest BCUT2D eigenvalue weighted by Crippen LogP contribution is 2.51. The van der Waals surface area contributed by atoms with Gasteiger partial charge in [-0.1, -0.05) is 177 Å². The predicted octanol–water partition coefficient (Wildman–Crippen LogP) is 8.12. The molecule has 0 fully saturated rings. The van der Waals surface area contributed by atoms with Crippen molar-refractivity contribution < 1.29 is 0 Å². The average Bonchev–Trinajstić information content (AvgIpc) is 3.63. The van der Waals surface area contributed by atoms with Crippen LogP contribution in [0.1, 0.15) is 41.8 Å². The van der Waals surface area contributed by atoms with E-state index in [-0.39, 0.29) is 19.5 Å². The predicted molar refractivity (Wildman–Crippen MR) is 207 cm³/mol. The number of benzene rings is 6. The van der Waals surface area contributed by atoms with E-state index in [2.05, 4.69) is 170 Å². The molecule has 4 N–H and O–H groups in total. The SMILES string of the molecule is C.N[C@@H]1c2ccccc2C[C@H]1P(c1ccccc1)c1ccccc1.N[C@H]1c2ccccc2C[C@@H]1P(c1ccccc1)c1ccccc1. The van der Waals surface area contributed by atoms with Crippen LogP contribution in [0.2, 0.25) is 0 Å². The van der Waals surface area contributed by atoms with E-state index in [1.54, 1.807) is 0 Å². The van der Waals surface area contributed by atoms with Crippen molar-refractivity contribution in [2.24, 2.45) is 11.5 Å². The summed E-state index contributed by atoms with van der Waals surface area (Å²) in [5, 5.41) is 5.67. The van der Waals surface area contributed by atoms with Gasteiger partial charge in [0.1, 0.15) is 0 Å². The summed E-state index contributed by atoms with van der Waals surface area (Å²) in [7, 11) is -0.925. The third kappa shape index (κ3) is 7.03. The van der Waals surface area contributed by atoms with Crippen LogP contribution in [0.4, 0.5) is 0 Å². The number of hydrogen-bond donors (Lipinski definition) is 2. The van der Waals surface area contributed by atoms with Crippen molar-refractivity contribution in [2.75, 3.05) is 0 Å². The highest BCUT2D eigenvalue weighted by atomic mass is 31.1. The van der Waals surface area contributed by atoms with E-state index in [1.807, 2.05) is 0 Å². The van der Waals surface area contributed by atoms with E-state index in [4.69, 9.17) is 11.5 Å². The second kappa shape index (κ2) is 15.3. The molecule has 47 heavy (non-hydrogen) atoms. The molecule has 2 aliphatic rings. The fraction of sp³-hybridized carbons (Fsp3) is 0.163. The van der Waals surface area contributed by atoms with Gasteiger partial charge in [-0.05, 0) is 72.2 Å². The monoisotopic (exact) mass is 650 g/mol. The van der Waals surface area contributed by atoms with Crippen LogP contribution in [-0.4, -0.2) is 11.3 Å². The fourth-order valence-electron chi connectivity index (χ4n) is 7.13. The Kier molecular flexibility index (Phi) is 10.8. The van der Waals surface area contributed by atoms with Gasteiger partial charge in [-0.2, -0.15) is 0 Å². The van der Waals surface area contributed by atoms with E-state index in [0.717, 1.165) is 12.8 Å². The molecular weight excluding hydrogens is 606 g/mol. The molecule has 0 unspecified atom stereocenters. The lowest BCUT2D eigenvalue weighted by atomic mass is 10.1. The maximum Gasteiger partial charge on any atom is 0.0375 e. The Labute approximate surface area is 283 Å². The zero-order valence-corrected chi connectivity index (χ0v) is 27.7. The minimum Gasteiger partial charge on any atom is -0.323 e. The molecule has 0 saturated heterocycles. The van der Waals surface area contributed by atoms with Gasteiger partial charge in [0.25, 0.3) is 0 Å². The molecule has 0 aliphatic heterocycles. The van der Waals surface area contributed by atoms with E-state index in [1.165, 1.54) is 43.5 Å². The summed E-state index contributed by atoms with van der Waals surface area (Å²) in [6.45, 7) is 0. The molecule has 2 aliphatic carbocycles. The van der Waals surface area contributed by atoms with Crippen molar-refractivity contribution in [3.8, 4) is 0 Å². The molecule has 0 bridgehead atoms. The van der Waals surface area contributed by atoms with Gasteiger partial charge in [0.05, 0.1) is 0 Å². The van der Waals surface area contributed by atoms with Crippen LogP contribution < -0.4 is 32.7 Å². The van der Waals surface area contributed by atoms with Gasteiger partial charge in [-0.25, -0.2) is 0 Å². The Hall–Kier alpha value is -3.90. The molecule has 6 aromatic rings. The Morgan fingerprint density at radius 2 is 0.617 bits per heavy atom. The van der Waals surface area contributed by atoms with Crippen molar-refractivity contribution in [1.82, 2.24) is 0 Å². The maximum atomic E-state index is 6.68. The van der Waals surface area contributed by atoms with Crippen LogP contribution in [0.3, 0.4) is 0 Å². The summed E-state index contributed by atoms with van der Waals surface area (Å²) in [6, 6.07) is 61.1. The van der Waals surface area contributed by atoms with E-state index < -0.39 is 15.8 Å². The second-order valence-corrected chi connectivity index (χ2v) is 16.9. The van der Waals surface area contributed by atoms with Crippen molar-refractivity contribution in [2.45, 2.75) is 43.7 Å². The van der Waals surface area contributed by atoms with Crippen molar-refractivity contribution in [1.29, 1.82) is 0 Å². The maximum absolute atomic E-state index is 6.68. The van der Waals surface area contributed by atoms with Crippen LogP contribution in [-0.2, 0) is 12.8 Å². The second-order valence-electron chi connectivity index (χ2n) is 12.1. The molecule has 6 aromatic carbocycles. The third-order valence-corrected chi connectivity index (χ3v) is 15.1. The lowest BCUT2D eigenvalue weighted by Gasteiger charge is -2.28. The highest BCUT2D eigenvalue weighted by Gasteiger charge is 2.37. The normalized spacial score (nSPS) is 19.3. The number of nitrogens with two attached hydrogens (primary N) is 2. The van der Waals surface area contributed by atoms with Crippen LogP contribution in [0.15, 0.2) is 170 Å². The minimum absolute atomic E-state index is 0. The Balaban J connectivity index is 0.000000161. The molecule has 0 aromatic heterocycles. The van der Waals surface area contributed by atoms with Crippen molar-refractivity contribution in [3.05, 3.63) is 192 Å². The molecular formula is C43H44N2P2. The van der Waals surface area contributed by atoms with Crippen LogP contribution >= 0.6 is 15.8 Å². The Morgan fingerprint density at radius 1 is 0.362 bits per heavy atom. The molecule has 0 spiro atoms. The first-order chi connectivity index (χ1) is 22.7. The molecule has 0 heterocycles. The van der Waals surface area contributed by atoms with Gasteiger partial charge in [0, 0.05) is 23.4 Å². The Morgan fingerprint density at radius 3 is 0.894 bits per heavy atom. The van der Waals surface area contributed by atoms with Crippen molar-refractivity contribution in [3.63, 3.8) is 0 Å². The summed E-state index contributed by atoms with van der Waals surface area (Å²) in [4.78, 5) is 0. The summed E-state index contributed by atoms with van der Waals surface area (Å²) in [5.41, 5.74) is 19.8. The first kappa shape index (κ1) is 33.0. The summed E-state index contributed by atoms with van der Waals surface area (Å²) in [6.07, 6.45) is 2.15. The summed E-state index contributed by atoms with van der Waals surface area (Å²) in [5.74, 6) is 0. The lowest BCUT2D eigenvalue weighted by Crippen LogP contribution is -2.28. The zero-order valence-electron chi connectivity index (χ0n) is 25.9. The molecule has 4 atom stereocenters. The third-order valence-electron chi connectivity index (χ3n) is 9.32. The average molecular weight is 651 g/mol. The minimum atomic E-state index is -0.463. The number of rotatable bonds is 6. The quantitative estimate of drug-likeness (QED) is 0.179. The van der Waals surface area contributed by atoms with Gasteiger partial charge < -0.3 is 11.5 Å². The smallest absolute Gasteiger partial charge is 0.0375 e. The molecule has 236 valence electrons. The molecule has 8 rings (SSSR count). The van der Waals surface area contributed by atoms with Gasteiger partial charge in [0.15, 0.2) is 0 Å². The van der Waals surface area contributed by atoms with E-state index >= 15 is 0 Å². The Bertz CT molecular complexity index is 1630. The first-order valence-electron chi connectivity index (χ1n) is 16.1. The summed E-state index contributed by atoms with van der Waals surface area (Å²) >= 11 is 0. The highest BCUT2D eigenvalue weighted by molar-refractivity contribution is 7.74.